The molecule has 3 rings (SSSR count). The van der Waals surface area contributed by atoms with Crippen LogP contribution >= 0.6 is 33.9 Å². The van der Waals surface area contributed by atoms with Crippen LogP contribution in [0.15, 0.2) is 6.07 Å². The van der Waals surface area contributed by atoms with Crippen molar-refractivity contribution in [3.8, 4) is 0 Å². The van der Waals surface area contributed by atoms with Gasteiger partial charge in [0, 0.05) is 18.9 Å². The molecule has 7 heteroatoms. The molecule has 1 N–H and O–H groups in total. The Morgan fingerprint density at radius 1 is 1.43 bits per heavy atom. The molecule has 1 aromatic heterocycles. The van der Waals surface area contributed by atoms with Crippen molar-refractivity contribution in [1.29, 1.82) is 0 Å². The Bertz CT molecular complexity index is 517. The lowest BCUT2D eigenvalue weighted by Crippen LogP contribution is -2.39. The van der Waals surface area contributed by atoms with Gasteiger partial charge in [-0.3, -0.25) is 0 Å². The molecule has 2 heterocycles. The van der Waals surface area contributed by atoms with Crippen LogP contribution in [0.4, 0.5) is 5.69 Å². The van der Waals surface area contributed by atoms with E-state index in [1.165, 1.54) is 18.4 Å². The second kappa shape index (κ2) is 6.39. The summed E-state index contributed by atoms with van der Waals surface area (Å²) in [6.45, 7) is 1.40. The Kier molecular flexibility index (Phi) is 4.72. The zero-order valence-electron chi connectivity index (χ0n) is 11.8. The Morgan fingerprint density at radius 2 is 2.10 bits per heavy atom. The summed E-state index contributed by atoms with van der Waals surface area (Å²) >= 11 is 3.68. The lowest BCUT2D eigenvalue weighted by molar-refractivity contribution is -0.177. The zero-order valence-corrected chi connectivity index (χ0v) is 14.8. The van der Waals surface area contributed by atoms with Crippen LogP contribution in [0.25, 0.3) is 0 Å². The predicted octanol–water partition coefficient (Wildman–Crippen LogP) is 3.24. The van der Waals surface area contributed by atoms with Gasteiger partial charge in [-0.1, -0.05) is 0 Å². The minimum Gasteiger partial charge on any atom is -0.465 e. The second-order valence-electron chi connectivity index (χ2n) is 5.31. The van der Waals surface area contributed by atoms with Crippen LogP contribution in [0.2, 0.25) is 0 Å². The molecule has 1 aliphatic carbocycles. The molecule has 0 radical (unpaired) electrons. The number of anilines is 1. The maximum Gasteiger partial charge on any atom is 0.350 e. The van der Waals surface area contributed by atoms with E-state index in [2.05, 4.69) is 27.9 Å². The third-order valence-electron chi connectivity index (χ3n) is 3.99. The zero-order chi connectivity index (χ0) is 14.9. The lowest BCUT2D eigenvalue weighted by atomic mass is 9.90. The monoisotopic (exact) mass is 423 g/mol. The highest BCUT2D eigenvalue weighted by molar-refractivity contribution is 14.1. The van der Waals surface area contributed by atoms with E-state index >= 15 is 0 Å². The summed E-state index contributed by atoms with van der Waals surface area (Å²) in [6, 6.07) is 2.35. The first kappa shape index (κ1) is 15.5. The summed E-state index contributed by atoms with van der Waals surface area (Å²) in [4.78, 5) is 12.4. The predicted molar refractivity (Wildman–Crippen MR) is 88.9 cm³/mol. The maximum atomic E-state index is 11.8. The Labute approximate surface area is 141 Å². The van der Waals surface area contributed by atoms with Gasteiger partial charge in [0.05, 0.1) is 28.9 Å². The van der Waals surface area contributed by atoms with Gasteiger partial charge < -0.3 is 19.5 Å². The number of carbonyl (C=O) groups is 1. The van der Waals surface area contributed by atoms with Gasteiger partial charge in [0.25, 0.3) is 0 Å². The topological polar surface area (TPSA) is 56.8 Å². The number of hydrogen-bond acceptors (Lipinski definition) is 6. The highest BCUT2D eigenvalue weighted by Gasteiger charge is 2.40. The van der Waals surface area contributed by atoms with E-state index < -0.39 is 0 Å². The number of nitrogens with one attached hydrogen (secondary N) is 1. The quantitative estimate of drug-likeness (QED) is 0.598. The lowest BCUT2D eigenvalue weighted by Gasteiger charge is -2.35. The number of thiophene rings is 1. The van der Waals surface area contributed by atoms with Crippen LogP contribution in [0.5, 0.6) is 0 Å². The van der Waals surface area contributed by atoms with Crippen molar-refractivity contribution in [3.05, 3.63) is 13.8 Å². The molecule has 1 aliphatic heterocycles. The van der Waals surface area contributed by atoms with Gasteiger partial charge in [-0.2, -0.15) is 0 Å². The average Bonchev–Trinajstić information content (AvgIpc) is 3.08. The van der Waals surface area contributed by atoms with Gasteiger partial charge in [0.15, 0.2) is 5.79 Å². The molecule has 1 saturated heterocycles. The number of hydrogen-bond donors (Lipinski definition) is 1. The Morgan fingerprint density at radius 3 is 2.71 bits per heavy atom. The van der Waals surface area contributed by atoms with Crippen molar-refractivity contribution in [2.24, 2.45) is 0 Å². The average molecular weight is 423 g/mol. The fraction of sp³-hybridized carbons (Fsp3) is 0.643. The van der Waals surface area contributed by atoms with Crippen molar-refractivity contribution in [2.45, 2.75) is 37.5 Å². The van der Waals surface area contributed by atoms with Crippen LogP contribution < -0.4 is 5.32 Å². The molecular formula is C14H18INO4S. The molecule has 0 unspecified atom stereocenters. The molecular weight excluding hydrogens is 405 g/mol. The molecule has 2 fully saturated rings. The van der Waals surface area contributed by atoms with Gasteiger partial charge in [-0.25, -0.2) is 4.79 Å². The molecule has 116 valence electrons. The third-order valence-corrected chi connectivity index (χ3v) is 5.87. The summed E-state index contributed by atoms with van der Waals surface area (Å²) in [7, 11) is 1.41. The maximum absolute atomic E-state index is 11.8. The first-order valence-electron chi connectivity index (χ1n) is 7.04. The minimum absolute atomic E-state index is 0.278. The van der Waals surface area contributed by atoms with E-state index in [0.29, 0.717) is 24.1 Å². The first-order chi connectivity index (χ1) is 10.1. The first-order valence-corrected chi connectivity index (χ1v) is 8.93. The summed E-state index contributed by atoms with van der Waals surface area (Å²) in [6.07, 6.45) is 3.76. The Balaban J connectivity index is 1.64. The highest BCUT2D eigenvalue weighted by Crippen LogP contribution is 2.38. The molecule has 1 saturated carbocycles. The summed E-state index contributed by atoms with van der Waals surface area (Å²) in [5.74, 6) is -0.618. The van der Waals surface area contributed by atoms with Crippen LogP contribution in [0.1, 0.15) is 35.4 Å². The van der Waals surface area contributed by atoms with Gasteiger partial charge in [0.2, 0.25) is 0 Å². The third kappa shape index (κ3) is 3.35. The van der Waals surface area contributed by atoms with Crippen LogP contribution in [-0.2, 0) is 14.2 Å². The molecule has 1 aromatic rings. The van der Waals surface area contributed by atoms with E-state index in [-0.39, 0.29) is 11.8 Å². The Hall–Kier alpha value is -0.380. The number of esters is 1. The van der Waals surface area contributed by atoms with Crippen molar-refractivity contribution < 1.29 is 19.0 Å². The van der Waals surface area contributed by atoms with E-state index in [4.69, 9.17) is 14.2 Å². The van der Waals surface area contributed by atoms with Crippen LogP contribution in [0, 0.1) is 2.88 Å². The van der Waals surface area contributed by atoms with Crippen LogP contribution in [0.3, 0.4) is 0 Å². The second-order valence-corrected chi connectivity index (χ2v) is 8.26. The number of rotatable bonds is 3. The van der Waals surface area contributed by atoms with Crippen molar-refractivity contribution >= 4 is 45.6 Å². The number of ether oxygens (including phenoxy) is 3. The normalized spacial score (nSPS) is 21.6. The SMILES string of the molecule is COC(=O)c1sc(I)cc1NC1CCC2(CC1)OCCO2. The number of halogens is 1. The number of carbonyl (C=O) groups excluding carboxylic acids is 1. The minimum atomic E-state index is -0.341. The van der Waals surface area contributed by atoms with Crippen molar-refractivity contribution in [1.82, 2.24) is 0 Å². The molecule has 2 aliphatic rings. The molecule has 0 bridgehead atoms. The van der Waals surface area contributed by atoms with Crippen LogP contribution in [-0.4, -0.2) is 38.1 Å². The van der Waals surface area contributed by atoms with Gasteiger partial charge >= 0.3 is 5.97 Å². The number of methoxy groups -OCH3 is 1. The van der Waals surface area contributed by atoms with Gasteiger partial charge in [-0.05, 0) is 41.5 Å². The van der Waals surface area contributed by atoms with E-state index in [0.717, 1.165) is 34.3 Å². The van der Waals surface area contributed by atoms with Gasteiger partial charge in [0.1, 0.15) is 4.88 Å². The molecule has 21 heavy (non-hydrogen) atoms. The molecule has 5 nitrogen and oxygen atoms in total. The van der Waals surface area contributed by atoms with E-state index in [1.54, 1.807) is 0 Å². The summed E-state index contributed by atoms with van der Waals surface area (Å²) in [5, 5.41) is 3.49. The smallest absolute Gasteiger partial charge is 0.350 e. The largest absolute Gasteiger partial charge is 0.465 e. The van der Waals surface area contributed by atoms with Crippen molar-refractivity contribution in [2.75, 3.05) is 25.6 Å². The summed E-state index contributed by atoms with van der Waals surface area (Å²) in [5.41, 5.74) is 0.880. The fourth-order valence-corrected chi connectivity index (χ4v) is 4.66. The molecule has 0 amide bonds. The molecule has 1 spiro atoms. The standard InChI is InChI=1S/C14H18INO4S/c1-18-13(17)12-10(8-11(15)21-12)16-9-2-4-14(5-3-9)19-6-7-20-14/h8-9,16H,2-7H2,1H3. The molecule has 0 atom stereocenters. The van der Waals surface area contributed by atoms with Crippen molar-refractivity contribution in [3.63, 3.8) is 0 Å². The van der Waals surface area contributed by atoms with E-state index in [1.807, 2.05) is 6.07 Å². The molecule has 0 aromatic carbocycles. The fourth-order valence-electron chi connectivity index (χ4n) is 2.92. The van der Waals surface area contributed by atoms with Gasteiger partial charge in [-0.15, -0.1) is 11.3 Å². The summed E-state index contributed by atoms with van der Waals surface area (Å²) < 4.78 is 17.4. The highest BCUT2D eigenvalue weighted by atomic mass is 127. The van der Waals surface area contributed by atoms with E-state index in [9.17, 15) is 4.79 Å².